The Morgan fingerprint density at radius 2 is 2.28 bits per heavy atom. The molecular formula is C12H14N2O4. The highest BCUT2D eigenvalue weighted by atomic mass is 16.5. The number of hydrogen-bond acceptors (Lipinski definition) is 4. The van der Waals surface area contributed by atoms with Crippen LogP contribution in [0.1, 0.15) is 16.8 Å². The van der Waals surface area contributed by atoms with Gasteiger partial charge in [0, 0.05) is 20.1 Å². The molecule has 1 heterocycles. The first-order valence-electron chi connectivity index (χ1n) is 5.57. The van der Waals surface area contributed by atoms with Crippen LogP contribution >= 0.6 is 0 Å². The number of aliphatic hydroxyl groups excluding tert-OH is 1. The Bertz CT molecular complexity index is 577. The molecule has 2 N–H and O–H groups in total. The van der Waals surface area contributed by atoms with Gasteiger partial charge in [-0.3, -0.25) is 4.68 Å². The number of fused-ring (bicyclic) bond motifs is 1. The summed E-state index contributed by atoms with van der Waals surface area (Å²) >= 11 is 0. The third-order valence-corrected chi connectivity index (χ3v) is 2.61. The minimum Gasteiger partial charge on any atom is -0.478 e. The number of aromatic carboxylic acids is 1. The summed E-state index contributed by atoms with van der Waals surface area (Å²) in [6, 6.07) is 4.76. The highest BCUT2D eigenvalue weighted by Gasteiger charge is 2.12. The molecule has 6 nitrogen and oxygen atoms in total. The van der Waals surface area contributed by atoms with Gasteiger partial charge in [0.2, 0.25) is 5.88 Å². The summed E-state index contributed by atoms with van der Waals surface area (Å²) in [6.07, 6.45) is 0.533. The van der Waals surface area contributed by atoms with E-state index in [9.17, 15) is 4.79 Å². The fourth-order valence-corrected chi connectivity index (χ4v) is 1.70. The molecule has 1 aromatic carbocycles. The molecule has 0 saturated carbocycles. The molecule has 0 saturated heterocycles. The minimum absolute atomic E-state index is 0.0634. The number of carboxylic acid groups (broad SMARTS) is 1. The second-order valence-electron chi connectivity index (χ2n) is 3.89. The molecule has 0 spiro atoms. The number of aliphatic hydroxyl groups is 1. The zero-order valence-electron chi connectivity index (χ0n) is 9.96. The molecule has 0 radical (unpaired) electrons. The lowest BCUT2D eigenvalue weighted by Gasteiger charge is -2.01. The first-order valence-corrected chi connectivity index (χ1v) is 5.57. The predicted molar refractivity (Wildman–Crippen MR) is 64.9 cm³/mol. The van der Waals surface area contributed by atoms with Crippen molar-refractivity contribution in [2.75, 3.05) is 13.2 Å². The Morgan fingerprint density at radius 1 is 1.50 bits per heavy atom. The van der Waals surface area contributed by atoms with Gasteiger partial charge in [0.15, 0.2) is 0 Å². The SMILES string of the molecule is Cn1nc(OCCCO)c2ccc(C(=O)O)cc21. The molecule has 0 fully saturated rings. The first kappa shape index (κ1) is 12.4. The maximum absolute atomic E-state index is 10.9. The second-order valence-corrected chi connectivity index (χ2v) is 3.89. The number of benzene rings is 1. The Labute approximate surface area is 103 Å². The van der Waals surface area contributed by atoms with Gasteiger partial charge in [0.1, 0.15) is 0 Å². The van der Waals surface area contributed by atoms with Crippen molar-refractivity contribution in [3.8, 4) is 5.88 Å². The van der Waals surface area contributed by atoms with Crippen LogP contribution < -0.4 is 4.74 Å². The predicted octanol–water partition coefficient (Wildman–Crippen LogP) is 1.03. The van der Waals surface area contributed by atoms with Gasteiger partial charge < -0.3 is 14.9 Å². The summed E-state index contributed by atoms with van der Waals surface area (Å²) in [5.41, 5.74) is 0.918. The lowest BCUT2D eigenvalue weighted by atomic mass is 10.1. The highest BCUT2D eigenvalue weighted by molar-refractivity contribution is 5.94. The van der Waals surface area contributed by atoms with Crippen LogP contribution in [0.3, 0.4) is 0 Å². The second kappa shape index (κ2) is 5.05. The number of ether oxygens (including phenoxy) is 1. The quantitative estimate of drug-likeness (QED) is 0.774. The standard InChI is InChI=1S/C12H14N2O4/c1-14-10-7-8(12(16)17)3-4-9(10)11(13-14)18-6-2-5-15/h3-4,7,15H,2,5-6H2,1H3,(H,16,17). The number of rotatable bonds is 5. The molecule has 0 atom stereocenters. The van der Waals surface area contributed by atoms with Crippen LogP contribution in [0.2, 0.25) is 0 Å². The van der Waals surface area contributed by atoms with Crippen LogP contribution in [-0.4, -0.2) is 39.2 Å². The Kier molecular flexibility index (Phi) is 3.47. The third-order valence-electron chi connectivity index (χ3n) is 2.61. The van der Waals surface area contributed by atoms with Crippen molar-refractivity contribution in [3.63, 3.8) is 0 Å². The molecule has 18 heavy (non-hydrogen) atoms. The van der Waals surface area contributed by atoms with Crippen molar-refractivity contribution in [2.45, 2.75) is 6.42 Å². The van der Waals surface area contributed by atoms with Crippen molar-refractivity contribution in [1.82, 2.24) is 9.78 Å². The van der Waals surface area contributed by atoms with Crippen molar-refractivity contribution in [1.29, 1.82) is 0 Å². The van der Waals surface area contributed by atoms with Crippen molar-refractivity contribution in [3.05, 3.63) is 23.8 Å². The van der Waals surface area contributed by atoms with Gasteiger partial charge in [-0.05, 0) is 18.2 Å². The molecule has 0 aliphatic rings. The number of aromatic nitrogens is 2. The zero-order chi connectivity index (χ0) is 13.1. The van der Waals surface area contributed by atoms with Gasteiger partial charge in [-0.1, -0.05) is 0 Å². The van der Waals surface area contributed by atoms with Crippen LogP contribution in [0.4, 0.5) is 0 Å². The maximum atomic E-state index is 10.9. The van der Waals surface area contributed by atoms with Gasteiger partial charge in [0.25, 0.3) is 0 Å². The molecule has 2 aromatic rings. The monoisotopic (exact) mass is 250 g/mol. The summed E-state index contributed by atoms with van der Waals surface area (Å²) in [4.78, 5) is 10.9. The summed E-state index contributed by atoms with van der Waals surface area (Å²) in [5, 5.41) is 22.6. The molecule has 0 amide bonds. The van der Waals surface area contributed by atoms with E-state index in [1.54, 1.807) is 23.9 Å². The first-order chi connectivity index (χ1) is 8.63. The van der Waals surface area contributed by atoms with Crippen LogP contribution in [0.15, 0.2) is 18.2 Å². The Balaban J connectivity index is 2.36. The molecular weight excluding hydrogens is 236 g/mol. The number of carboxylic acids is 1. The molecule has 0 unspecified atom stereocenters. The molecule has 2 rings (SSSR count). The summed E-state index contributed by atoms with van der Waals surface area (Å²) in [7, 11) is 1.73. The molecule has 0 aliphatic heterocycles. The van der Waals surface area contributed by atoms with Gasteiger partial charge in [-0.25, -0.2) is 4.79 Å². The zero-order valence-corrected chi connectivity index (χ0v) is 9.96. The number of carbonyl (C=O) groups is 1. The fraction of sp³-hybridized carbons (Fsp3) is 0.333. The lowest BCUT2D eigenvalue weighted by molar-refractivity contribution is 0.0697. The molecule has 96 valence electrons. The average Bonchev–Trinajstić information content (AvgIpc) is 2.66. The number of hydrogen-bond donors (Lipinski definition) is 2. The van der Waals surface area contributed by atoms with Crippen LogP contribution in [0.5, 0.6) is 5.88 Å². The maximum Gasteiger partial charge on any atom is 0.335 e. The molecule has 6 heteroatoms. The third kappa shape index (κ3) is 2.28. The van der Waals surface area contributed by atoms with Crippen LogP contribution in [0, 0.1) is 0 Å². The average molecular weight is 250 g/mol. The van der Waals surface area contributed by atoms with Crippen molar-refractivity contribution < 1.29 is 19.7 Å². The van der Waals surface area contributed by atoms with E-state index in [4.69, 9.17) is 14.9 Å². The van der Waals surface area contributed by atoms with Gasteiger partial charge in [-0.15, -0.1) is 5.10 Å². The molecule has 0 aliphatic carbocycles. The van der Waals surface area contributed by atoms with E-state index < -0.39 is 5.97 Å². The van der Waals surface area contributed by atoms with Crippen LogP contribution in [-0.2, 0) is 7.05 Å². The van der Waals surface area contributed by atoms with Gasteiger partial charge >= 0.3 is 5.97 Å². The summed E-state index contributed by atoms with van der Waals surface area (Å²) in [6.45, 7) is 0.442. The Morgan fingerprint density at radius 3 is 2.94 bits per heavy atom. The van der Waals surface area contributed by atoms with Gasteiger partial charge in [0.05, 0.1) is 23.1 Å². The van der Waals surface area contributed by atoms with E-state index in [-0.39, 0.29) is 12.2 Å². The summed E-state index contributed by atoms with van der Waals surface area (Å²) < 4.78 is 7.02. The van der Waals surface area contributed by atoms with Gasteiger partial charge in [-0.2, -0.15) is 0 Å². The van der Waals surface area contributed by atoms with Crippen molar-refractivity contribution >= 4 is 16.9 Å². The Hall–Kier alpha value is -2.08. The van der Waals surface area contributed by atoms with E-state index in [0.717, 1.165) is 5.39 Å². The lowest BCUT2D eigenvalue weighted by Crippen LogP contribution is -2.00. The normalized spacial score (nSPS) is 10.8. The van der Waals surface area contributed by atoms with E-state index in [2.05, 4.69) is 5.10 Å². The fourth-order valence-electron chi connectivity index (χ4n) is 1.70. The minimum atomic E-state index is -0.971. The molecule has 1 aromatic heterocycles. The highest BCUT2D eigenvalue weighted by Crippen LogP contribution is 2.25. The smallest absolute Gasteiger partial charge is 0.335 e. The largest absolute Gasteiger partial charge is 0.478 e. The van der Waals surface area contributed by atoms with Crippen LogP contribution in [0.25, 0.3) is 10.9 Å². The van der Waals surface area contributed by atoms with E-state index >= 15 is 0 Å². The summed E-state index contributed by atoms with van der Waals surface area (Å²) in [5.74, 6) is -0.515. The number of nitrogens with zero attached hydrogens (tertiary/aromatic N) is 2. The van der Waals surface area contributed by atoms with E-state index in [1.807, 2.05) is 0 Å². The van der Waals surface area contributed by atoms with E-state index in [1.165, 1.54) is 6.07 Å². The molecule has 0 bridgehead atoms. The number of aryl methyl sites for hydroxylation is 1. The van der Waals surface area contributed by atoms with E-state index in [0.29, 0.717) is 24.4 Å². The van der Waals surface area contributed by atoms with Crippen molar-refractivity contribution in [2.24, 2.45) is 7.05 Å². The topological polar surface area (TPSA) is 84.6 Å².